The largest absolute Gasteiger partial charge is 0.488 e. The molecule has 212 valence electrons. The summed E-state index contributed by atoms with van der Waals surface area (Å²) in [5.74, 6) is 1.30. The normalized spacial score (nSPS) is 20.5. The minimum absolute atomic E-state index is 0.0239. The van der Waals surface area contributed by atoms with E-state index >= 15 is 0 Å². The number of aliphatic hydroxyl groups excluding tert-OH is 1. The molecule has 0 bridgehead atoms. The van der Waals surface area contributed by atoms with Crippen LogP contribution in [0.3, 0.4) is 0 Å². The molecule has 0 saturated heterocycles. The van der Waals surface area contributed by atoms with Crippen LogP contribution >= 0.6 is 0 Å². The number of hydrogen-bond acceptors (Lipinski definition) is 4. The Kier molecular flexibility index (Phi) is 12.6. The lowest BCUT2D eigenvalue weighted by Crippen LogP contribution is -2.47. The quantitative estimate of drug-likeness (QED) is 0.166. The molecular formula is C31H56O4Si2. The van der Waals surface area contributed by atoms with E-state index in [4.69, 9.17) is 13.6 Å². The summed E-state index contributed by atoms with van der Waals surface area (Å²) in [7, 11) is -3.66. The summed E-state index contributed by atoms with van der Waals surface area (Å²) in [6, 6.07) is 13.6. The Balaban J connectivity index is 2.19. The Bertz CT molecular complexity index is 806. The van der Waals surface area contributed by atoms with Crippen LogP contribution < -0.4 is 4.74 Å². The molecule has 2 rings (SSSR count). The maximum absolute atomic E-state index is 9.62. The molecule has 4 nitrogen and oxygen atoms in total. The van der Waals surface area contributed by atoms with Crippen LogP contribution in [0.1, 0.15) is 80.6 Å². The Labute approximate surface area is 230 Å². The number of hydrogen-bond donors (Lipinski definition) is 1. The molecule has 0 fully saturated rings. The predicted molar refractivity (Wildman–Crippen MR) is 162 cm³/mol. The molecule has 6 heteroatoms. The molecule has 0 saturated carbocycles. The van der Waals surface area contributed by atoms with Crippen molar-refractivity contribution < 1.29 is 18.7 Å². The highest BCUT2D eigenvalue weighted by Crippen LogP contribution is 2.41. The number of aliphatic hydroxyl groups is 1. The predicted octanol–water partition coefficient (Wildman–Crippen LogP) is 8.73. The fraction of sp³-hybridized carbons (Fsp3) is 0.742. The Morgan fingerprint density at radius 1 is 1.03 bits per heavy atom. The lowest BCUT2D eigenvalue weighted by atomic mass is 9.90. The van der Waals surface area contributed by atoms with Crippen molar-refractivity contribution in [3.05, 3.63) is 42.0 Å². The molecule has 1 aromatic carbocycles. The SMILES string of the molecule is CC[Si](CC)(CC)O[C@H]1CC=C(CC[C@H](O[Si](C)(C)C(C)(C)C)C(C)Oc2ccccc2)[C@H]1CCCO. The second kappa shape index (κ2) is 14.5. The van der Waals surface area contributed by atoms with Gasteiger partial charge in [-0.3, -0.25) is 0 Å². The maximum atomic E-state index is 9.62. The van der Waals surface area contributed by atoms with Crippen molar-refractivity contribution in [3.8, 4) is 5.75 Å². The van der Waals surface area contributed by atoms with Crippen molar-refractivity contribution in [1.82, 2.24) is 0 Å². The first-order valence-electron chi connectivity index (χ1n) is 14.8. The summed E-state index contributed by atoms with van der Waals surface area (Å²) in [4.78, 5) is 0. The van der Waals surface area contributed by atoms with Gasteiger partial charge in [0.25, 0.3) is 0 Å². The Hall–Kier alpha value is -0.926. The summed E-state index contributed by atoms with van der Waals surface area (Å²) in [6.07, 6.45) is 7.46. The van der Waals surface area contributed by atoms with Crippen LogP contribution in [-0.2, 0) is 8.85 Å². The zero-order chi connectivity index (χ0) is 27.7. The summed E-state index contributed by atoms with van der Waals surface area (Å²) in [6.45, 7) is 20.9. The van der Waals surface area contributed by atoms with E-state index in [9.17, 15) is 5.11 Å². The lowest BCUT2D eigenvalue weighted by Gasteiger charge is -2.41. The fourth-order valence-electron chi connectivity index (χ4n) is 5.29. The van der Waals surface area contributed by atoms with E-state index in [1.54, 1.807) is 0 Å². The van der Waals surface area contributed by atoms with Gasteiger partial charge in [0.2, 0.25) is 0 Å². The van der Waals surface area contributed by atoms with Crippen molar-refractivity contribution in [1.29, 1.82) is 0 Å². The second-order valence-electron chi connectivity index (χ2n) is 12.5. The Morgan fingerprint density at radius 2 is 1.65 bits per heavy atom. The first-order valence-corrected chi connectivity index (χ1v) is 20.2. The standard InChI is InChI=1S/C31H56O4Si2/c1-10-37(11-2,12-3)35-30-23-21-26(28(30)19-16-24-32)20-22-29(34-36(8,9)31(5,6)7)25(4)33-27-17-14-13-15-18-27/h13-15,17-18,21,25,28-30,32H,10-12,16,19-20,22-24H2,1-9H3/t25?,28-,29+,30+/m1/s1. The molecule has 0 amide bonds. The zero-order valence-corrected chi connectivity index (χ0v) is 27.3. The molecule has 1 aliphatic carbocycles. The van der Waals surface area contributed by atoms with E-state index in [-0.39, 0.29) is 30.0 Å². The average Bonchev–Trinajstić information content (AvgIpc) is 3.24. The van der Waals surface area contributed by atoms with Crippen molar-refractivity contribution >= 4 is 16.6 Å². The fourth-order valence-corrected chi connectivity index (χ4v) is 9.61. The monoisotopic (exact) mass is 548 g/mol. The first-order chi connectivity index (χ1) is 17.4. The van der Waals surface area contributed by atoms with Gasteiger partial charge in [-0.25, -0.2) is 0 Å². The molecule has 1 aromatic rings. The van der Waals surface area contributed by atoms with Crippen LogP contribution in [0.4, 0.5) is 0 Å². The molecular weight excluding hydrogens is 493 g/mol. The third kappa shape index (κ3) is 9.06. The smallest absolute Gasteiger partial charge is 0.192 e. The molecule has 0 spiro atoms. The van der Waals surface area contributed by atoms with Crippen LogP contribution in [0, 0.1) is 5.92 Å². The van der Waals surface area contributed by atoms with E-state index in [0.717, 1.165) is 37.9 Å². The van der Waals surface area contributed by atoms with E-state index in [1.807, 2.05) is 30.3 Å². The van der Waals surface area contributed by atoms with Gasteiger partial charge in [-0.2, -0.15) is 0 Å². The van der Waals surface area contributed by atoms with E-state index in [1.165, 1.54) is 23.7 Å². The van der Waals surface area contributed by atoms with Gasteiger partial charge in [-0.05, 0) is 87.4 Å². The van der Waals surface area contributed by atoms with E-state index < -0.39 is 16.6 Å². The van der Waals surface area contributed by atoms with Crippen molar-refractivity contribution in [2.24, 2.45) is 5.92 Å². The zero-order valence-electron chi connectivity index (χ0n) is 25.3. The number of rotatable bonds is 16. The van der Waals surface area contributed by atoms with Crippen LogP contribution in [0.5, 0.6) is 5.75 Å². The third-order valence-corrected chi connectivity index (χ3v) is 18.3. The maximum Gasteiger partial charge on any atom is 0.192 e. The van der Waals surface area contributed by atoms with E-state index in [2.05, 4.69) is 67.6 Å². The molecule has 37 heavy (non-hydrogen) atoms. The molecule has 0 radical (unpaired) electrons. The van der Waals surface area contributed by atoms with Crippen LogP contribution in [0.15, 0.2) is 42.0 Å². The highest BCUT2D eigenvalue weighted by molar-refractivity contribution is 6.74. The molecule has 1 N–H and O–H groups in total. The Morgan fingerprint density at radius 3 is 2.19 bits per heavy atom. The topological polar surface area (TPSA) is 47.9 Å². The molecule has 1 aliphatic rings. The molecule has 0 aromatic heterocycles. The molecule has 0 heterocycles. The number of para-hydroxylation sites is 1. The van der Waals surface area contributed by atoms with Gasteiger partial charge in [-0.15, -0.1) is 0 Å². The minimum atomic E-state index is -1.97. The number of benzene rings is 1. The summed E-state index contributed by atoms with van der Waals surface area (Å²) < 4.78 is 20.4. The summed E-state index contributed by atoms with van der Waals surface area (Å²) in [5, 5.41) is 9.76. The van der Waals surface area contributed by atoms with Crippen molar-refractivity contribution in [2.75, 3.05) is 6.61 Å². The van der Waals surface area contributed by atoms with Gasteiger partial charge < -0.3 is 18.7 Å². The van der Waals surface area contributed by atoms with Crippen LogP contribution in [0.25, 0.3) is 0 Å². The van der Waals surface area contributed by atoms with Crippen molar-refractivity contribution in [2.45, 2.75) is 135 Å². The minimum Gasteiger partial charge on any atom is -0.488 e. The first kappa shape index (κ1) is 32.3. The highest BCUT2D eigenvalue weighted by atomic mass is 28.4. The van der Waals surface area contributed by atoms with Gasteiger partial charge in [-0.1, -0.05) is 71.4 Å². The molecule has 4 atom stereocenters. The molecule has 1 unspecified atom stereocenters. The van der Waals surface area contributed by atoms with Gasteiger partial charge in [0.05, 0.1) is 12.2 Å². The van der Waals surface area contributed by atoms with E-state index in [0.29, 0.717) is 5.92 Å². The second-order valence-corrected chi connectivity index (χ2v) is 22.0. The highest BCUT2D eigenvalue weighted by Gasteiger charge is 2.42. The van der Waals surface area contributed by atoms with Gasteiger partial charge in [0.15, 0.2) is 16.6 Å². The van der Waals surface area contributed by atoms with Crippen molar-refractivity contribution in [3.63, 3.8) is 0 Å². The lowest BCUT2D eigenvalue weighted by molar-refractivity contribution is 0.0490. The molecule has 0 aliphatic heterocycles. The van der Waals surface area contributed by atoms with Gasteiger partial charge in [0.1, 0.15) is 11.9 Å². The third-order valence-electron chi connectivity index (χ3n) is 9.10. The summed E-state index contributed by atoms with van der Waals surface area (Å²) in [5.41, 5.74) is 1.50. The summed E-state index contributed by atoms with van der Waals surface area (Å²) >= 11 is 0. The van der Waals surface area contributed by atoms with Gasteiger partial charge >= 0.3 is 0 Å². The van der Waals surface area contributed by atoms with Gasteiger partial charge in [0, 0.05) is 12.5 Å². The van der Waals surface area contributed by atoms with Crippen LogP contribution in [-0.4, -0.2) is 46.7 Å². The number of ether oxygens (including phenoxy) is 1. The average molecular weight is 549 g/mol. The van der Waals surface area contributed by atoms with Crippen LogP contribution in [0.2, 0.25) is 36.3 Å².